The van der Waals surface area contributed by atoms with Gasteiger partial charge >= 0.3 is 0 Å². The lowest BCUT2D eigenvalue weighted by molar-refractivity contribution is 0.771. The van der Waals surface area contributed by atoms with Crippen molar-refractivity contribution in [2.24, 2.45) is 5.73 Å². The van der Waals surface area contributed by atoms with Gasteiger partial charge in [-0.05, 0) is 19.1 Å². The Hall–Kier alpha value is -1.26. The first-order chi connectivity index (χ1) is 5.79. The summed E-state index contributed by atoms with van der Waals surface area (Å²) < 4.78 is 0. The molecule has 0 aromatic heterocycles. The Morgan fingerprint density at radius 1 is 1.33 bits per heavy atom. The second kappa shape index (κ2) is 4.58. The fourth-order valence-electron chi connectivity index (χ4n) is 0.836. The molecule has 0 bridgehead atoms. The van der Waals surface area contributed by atoms with E-state index in [2.05, 4.69) is 11.8 Å². The Balaban J connectivity index is 2.55. The molecule has 0 radical (unpaired) electrons. The molecule has 2 N–H and O–H groups in total. The smallest absolute Gasteiger partial charge is 0.0245 e. The van der Waals surface area contributed by atoms with E-state index in [0.29, 0.717) is 0 Å². The SMILES string of the molecule is C[C@H](N)CC#Cc1ccccc1. The van der Waals surface area contributed by atoms with E-state index in [0.717, 1.165) is 12.0 Å². The largest absolute Gasteiger partial charge is 0.327 e. The van der Waals surface area contributed by atoms with Gasteiger partial charge in [-0.15, -0.1) is 0 Å². The van der Waals surface area contributed by atoms with E-state index >= 15 is 0 Å². The Labute approximate surface area is 73.6 Å². The molecule has 0 fully saturated rings. The Bertz CT molecular complexity index is 277. The molecule has 12 heavy (non-hydrogen) atoms. The van der Waals surface area contributed by atoms with Crippen LogP contribution in [-0.4, -0.2) is 6.04 Å². The van der Waals surface area contributed by atoms with Gasteiger partial charge in [0.2, 0.25) is 0 Å². The third-order valence-electron chi connectivity index (χ3n) is 1.43. The van der Waals surface area contributed by atoms with E-state index in [-0.39, 0.29) is 6.04 Å². The van der Waals surface area contributed by atoms with E-state index in [1.54, 1.807) is 0 Å². The molecule has 1 aromatic carbocycles. The van der Waals surface area contributed by atoms with Crippen molar-refractivity contribution >= 4 is 0 Å². The van der Waals surface area contributed by atoms with Crippen molar-refractivity contribution in [3.63, 3.8) is 0 Å². The van der Waals surface area contributed by atoms with Crippen LogP contribution in [0, 0.1) is 11.8 Å². The van der Waals surface area contributed by atoms with Crippen molar-refractivity contribution in [3.05, 3.63) is 35.9 Å². The van der Waals surface area contributed by atoms with Crippen LogP contribution in [-0.2, 0) is 0 Å². The number of hydrogen-bond donors (Lipinski definition) is 1. The van der Waals surface area contributed by atoms with Crippen LogP contribution in [0.2, 0.25) is 0 Å². The van der Waals surface area contributed by atoms with Gasteiger partial charge in [-0.25, -0.2) is 0 Å². The molecule has 0 saturated heterocycles. The minimum atomic E-state index is 0.168. The third kappa shape index (κ3) is 3.23. The van der Waals surface area contributed by atoms with Crippen LogP contribution in [0.4, 0.5) is 0 Å². The van der Waals surface area contributed by atoms with Crippen molar-refractivity contribution in [1.29, 1.82) is 0 Å². The van der Waals surface area contributed by atoms with Gasteiger partial charge < -0.3 is 5.73 Å². The fourth-order valence-corrected chi connectivity index (χ4v) is 0.836. The third-order valence-corrected chi connectivity index (χ3v) is 1.43. The molecule has 1 nitrogen and oxygen atoms in total. The second-order valence-corrected chi connectivity index (χ2v) is 2.85. The number of hydrogen-bond acceptors (Lipinski definition) is 1. The molecular formula is C11H13N. The van der Waals surface area contributed by atoms with Crippen molar-refractivity contribution < 1.29 is 0 Å². The maximum Gasteiger partial charge on any atom is 0.0245 e. The second-order valence-electron chi connectivity index (χ2n) is 2.85. The van der Waals surface area contributed by atoms with Crippen molar-refractivity contribution in [1.82, 2.24) is 0 Å². The van der Waals surface area contributed by atoms with Crippen LogP contribution in [0.5, 0.6) is 0 Å². The summed E-state index contributed by atoms with van der Waals surface area (Å²) in [4.78, 5) is 0. The molecule has 1 atom stereocenters. The van der Waals surface area contributed by atoms with Crippen LogP contribution >= 0.6 is 0 Å². The zero-order valence-corrected chi connectivity index (χ0v) is 7.25. The molecule has 0 saturated carbocycles. The fraction of sp³-hybridized carbons (Fsp3) is 0.273. The number of rotatable bonds is 1. The van der Waals surface area contributed by atoms with E-state index in [1.807, 2.05) is 37.3 Å². The van der Waals surface area contributed by atoms with Gasteiger partial charge in [0.1, 0.15) is 0 Å². The van der Waals surface area contributed by atoms with Crippen LogP contribution in [0.15, 0.2) is 30.3 Å². The maximum atomic E-state index is 5.55. The molecule has 0 aliphatic heterocycles. The van der Waals surface area contributed by atoms with Gasteiger partial charge in [0.25, 0.3) is 0 Å². The van der Waals surface area contributed by atoms with Gasteiger partial charge in [-0.3, -0.25) is 0 Å². The summed E-state index contributed by atoms with van der Waals surface area (Å²) in [5.41, 5.74) is 6.61. The minimum Gasteiger partial charge on any atom is -0.327 e. The monoisotopic (exact) mass is 159 g/mol. The van der Waals surface area contributed by atoms with Crippen molar-refractivity contribution in [2.45, 2.75) is 19.4 Å². The Kier molecular flexibility index (Phi) is 3.37. The standard InChI is InChI=1S/C11H13N/c1-10(12)6-5-9-11-7-3-2-4-8-11/h2-4,7-8,10H,6,12H2,1H3/t10-/m0/s1. The number of nitrogens with two attached hydrogens (primary N) is 1. The molecule has 0 unspecified atom stereocenters. The van der Waals surface area contributed by atoms with Crippen LogP contribution in [0.25, 0.3) is 0 Å². The normalized spacial score (nSPS) is 11.5. The van der Waals surface area contributed by atoms with Crippen molar-refractivity contribution in [3.8, 4) is 11.8 Å². The van der Waals surface area contributed by atoms with Gasteiger partial charge in [-0.2, -0.15) is 0 Å². The summed E-state index contributed by atoms with van der Waals surface area (Å²) in [5, 5.41) is 0. The average Bonchev–Trinajstić information content (AvgIpc) is 2.05. The molecule has 1 heteroatoms. The van der Waals surface area contributed by atoms with Gasteiger partial charge in [0.15, 0.2) is 0 Å². The summed E-state index contributed by atoms with van der Waals surface area (Å²) in [5.74, 6) is 6.07. The quantitative estimate of drug-likeness (QED) is 0.621. The summed E-state index contributed by atoms with van der Waals surface area (Å²) >= 11 is 0. The lowest BCUT2D eigenvalue weighted by Gasteiger charge is -1.93. The molecule has 1 rings (SSSR count). The highest BCUT2D eigenvalue weighted by molar-refractivity contribution is 5.33. The van der Waals surface area contributed by atoms with Crippen LogP contribution in [0.1, 0.15) is 18.9 Å². The summed E-state index contributed by atoms with van der Waals surface area (Å²) in [6.45, 7) is 1.96. The van der Waals surface area contributed by atoms with Gasteiger partial charge in [0.05, 0.1) is 0 Å². The molecule has 0 aliphatic rings. The lowest BCUT2D eigenvalue weighted by Crippen LogP contribution is -2.12. The molecule has 1 aromatic rings. The molecule has 62 valence electrons. The highest BCUT2D eigenvalue weighted by Gasteiger charge is 1.86. The molecule has 0 spiro atoms. The zero-order valence-electron chi connectivity index (χ0n) is 7.25. The van der Waals surface area contributed by atoms with Crippen molar-refractivity contribution in [2.75, 3.05) is 0 Å². The van der Waals surface area contributed by atoms with Crippen LogP contribution in [0.3, 0.4) is 0 Å². The number of benzene rings is 1. The zero-order chi connectivity index (χ0) is 8.81. The topological polar surface area (TPSA) is 26.0 Å². The molecule has 0 aliphatic carbocycles. The van der Waals surface area contributed by atoms with Crippen LogP contribution < -0.4 is 5.73 Å². The van der Waals surface area contributed by atoms with E-state index in [9.17, 15) is 0 Å². The van der Waals surface area contributed by atoms with E-state index in [1.165, 1.54) is 0 Å². The maximum absolute atomic E-state index is 5.55. The summed E-state index contributed by atoms with van der Waals surface area (Å²) in [6, 6.07) is 10.1. The Morgan fingerprint density at radius 3 is 2.58 bits per heavy atom. The first kappa shape index (κ1) is 8.83. The van der Waals surface area contributed by atoms with Gasteiger partial charge in [0, 0.05) is 18.0 Å². The first-order valence-electron chi connectivity index (χ1n) is 4.08. The predicted molar refractivity (Wildman–Crippen MR) is 51.6 cm³/mol. The summed E-state index contributed by atoms with van der Waals surface area (Å²) in [7, 11) is 0. The molecule has 0 heterocycles. The highest BCUT2D eigenvalue weighted by atomic mass is 14.6. The summed E-state index contributed by atoms with van der Waals surface area (Å²) in [6.07, 6.45) is 0.759. The Morgan fingerprint density at radius 2 is 2.00 bits per heavy atom. The minimum absolute atomic E-state index is 0.168. The van der Waals surface area contributed by atoms with E-state index in [4.69, 9.17) is 5.73 Å². The first-order valence-corrected chi connectivity index (χ1v) is 4.08. The van der Waals surface area contributed by atoms with Gasteiger partial charge in [-0.1, -0.05) is 30.0 Å². The van der Waals surface area contributed by atoms with E-state index < -0.39 is 0 Å². The average molecular weight is 159 g/mol. The molecule has 0 amide bonds. The lowest BCUT2D eigenvalue weighted by atomic mass is 10.2. The highest BCUT2D eigenvalue weighted by Crippen LogP contribution is 1.95. The predicted octanol–water partition coefficient (Wildman–Crippen LogP) is 1.78. The molecular weight excluding hydrogens is 146 g/mol.